The van der Waals surface area contributed by atoms with E-state index in [1.54, 1.807) is 0 Å². The van der Waals surface area contributed by atoms with Gasteiger partial charge in [0, 0.05) is 26.2 Å². The fraction of sp³-hybridized carbons (Fsp3) is 0.167. The molecule has 0 fully saturated rings. The van der Waals surface area contributed by atoms with Gasteiger partial charge in [0.05, 0.1) is 0 Å². The normalized spacial score (nSPS) is 11.2. The zero-order chi connectivity index (χ0) is 17.6. The first-order chi connectivity index (χ1) is 12.9. The third-order valence-electron chi connectivity index (χ3n) is 4.87. The summed E-state index contributed by atoms with van der Waals surface area (Å²) >= 11 is 0. The second kappa shape index (κ2) is 8.13. The van der Waals surface area contributed by atoms with Crippen LogP contribution in [0.4, 0.5) is 0 Å². The second-order valence-corrected chi connectivity index (χ2v) is 6.63. The van der Waals surface area contributed by atoms with Crippen LogP contribution in [0.25, 0.3) is 21.5 Å². The first-order valence-electron chi connectivity index (χ1n) is 9.26. The number of hydrogen-bond donors (Lipinski definition) is 2. The van der Waals surface area contributed by atoms with Crippen molar-refractivity contribution in [2.75, 3.05) is 13.1 Å². The smallest absolute Gasteiger partial charge is 0.0212 e. The lowest BCUT2D eigenvalue weighted by atomic mass is 10.0. The van der Waals surface area contributed by atoms with Gasteiger partial charge in [-0.25, -0.2) is 0 Å². The molecular formula is C24H24N2. The zero-order valence-corrected chi connectivity index (χ0v) is 14.9. The SMILES string of the molecule is c1ccc2c(CNCCNCc3cccc4ccccc34)cccc2c1. The van der Waals surface area contributed by atoms with E-state index in [9.17, 15) is 0 Å². The van der Waals surface area contributed by atoms with Crippen LogP contribution >= 0.6 is 0 Å². The number of hydrogen-bond acceptors (Lipinski definition) is 2. The van der Waals surface area contributed by atoms with Crippen molar-refractivity contribution in [3.05, 3.63) is 96.1 Å². The van der Waals surface area contributed by atoms with Gasteiger partial charge in [-0.2, -0.15) is 0 Å². The minimum atomic E-state index is 0.900. The molecule has 0 spiro atoms. The van der Waals surface area contributed by atoms with Crippen molar-refractivity contribution in [2.45, 2.75) is 13.1 Å². The highest BCUT2D eigenvalue weighted by atomic mass is 14.9. The molecule has 0 atom stereocenters. The Hall–Kier alpha value is -2.68. The molecule has 0 amide bonds. The molecule has 4 aromatic rings. The topological polar surface area (TPSA) is 24.1 Å². The van der Waals surface area contributed by atoms with Crippen LogP contribution < -0.4 is 10.6 Å². The summed E-state index contributed by atoms with van der Waals surface area (Å²) in [5, 5.41) is 12.4. The van der Waals surface area contributed by atoms with Crippen molar-refractivity contribution in [1.29, 1.82) is 0 Å². The molecule has 0 aliphatic carbocycles. The third kappa shape index (κ3) is 3.77. The van der Waals surface area contributed by atoms with Gasteiger partial charge < -0.3 is 10.6 Å². The average Bonchev–Trinajstić information content (AvgIpc) is 2.71. The number of benzene rings is 4. The maximum atomic E-state index is 3.55. The molecule has 0 bridgehead atoms. The van der Waals surface area contributed by atoms with Gasteiger partial charge in [-0.1, -0.05) is 84.9 Å². The monoisotopic (exact) mass is 340 g/mol. The highest BCUT2D eigenvalue weighted by molar-refractivity contribution is 5.86. The molecule has 0 heterocycles. The Morgan fingerprint density at radius 2 is 0.885 bits per heavy atom. The standard InChI is InChI=1S/C24H24N2/c1-3-13-23-19(7-1)9-5-11-21(23)17-25-15-16-26-18-22-12-6-10-20-8-2-4-14-24(20)22/h1-14,25-26H,15-18H2. The lowest BCUT2D eigenvalue weighted by Crippen LogP contribution is -2.26. The molecule has 0 unspecified atom stereocenters. The molecule has 0 saturated heterocycles. The second-order valence-electron chi connectivity index (χ2n) is 6.63. The molecule has 2 N–H and O–H groups in total. The van der Waals surface area contributed by atoms with Crippen molar-refractivity contribution in [1.82, 2.24) is 10.6 Å². The Kier molecular flexibility index (Phi) is 5.25. The van der Waals surface area contributed by atoms with Gasteiger partial charge in [0.25, 0.3) is 0 Å². The van der Waals surface area contributed by atoms with E-state index >= 15 is 0 Å². The molecule has 0 aromatic heterocycles. The molecule has 4 rings (SSSR count). The Bertz CT molecular complexity index is 913. The third-order valence-corrected chi connectivity index (χ3v) is 4.87. The molecule has 130 valence electrons. The molecule has 2 heteroatoms. The zero-order valence-electron chi connectivity index (χ0n) is 14.9. The summed E-state index contributed by atoms with van der Waals surface area (Å²) in [6.07, 6.45) is 0. The summed E-state index contributed by atoms with van der Waals surface area (Å²) in [5.41, 5.74) is 2.72. The van der Waals surface area contributed by atoms with E-state index < -0.39 is 0 Å². The van der Waals surface area contributed by atoms with E-state index in [1.165, 1.54) is 32.7 Å². The average molecular weight is 340 g/mol. The Morgan fingerprint density at radius 1 is 0.462 bits per heavy atom. The van der Waals surface area contributed by atoms with Gasteiger partial charge in [0.15, 0.2) is 0 Å². The van der Waals surface area contributed by atoms with Crippen molar-refractivity contribution in [3.8, 4) is 0 Å². The van der Waals surface area contributed by atoms with Crippen LogP contribution in [-0.2, 0) is 13.1 Å². The summed E-state index contributed by atoms with van der Waals surface area (Å²) in [5.74, 6) is 0. The van der Waals surface area contributed by atoms with E-state index in [0.717, 1.165) is 26.2 Å². The number of nitrogens with one attached hydrogen (secondary N) is 2. The molecule has 0 aliphatic rings. The van der Waals surface area contributed by atoms with Crippen LogP contribution in [-0.4, -0.2) is 13.1 Å². The summed E-state index contributed by atoms with van der Waals surface area (Å²) in [6.45, 7) is 3.70. The van der Waals surface area contributed by atoms with Gasteiger partial charge >= 0.3 is 0 Å². The highest BCUT2D eigenvalue weighted by Crippen LogP contribution is 2.19. The number of rotatable bonds is 7. The van der Waals surface area contributed by atoms with Crippen molar-refractivity contribution >= 4 is 21.5 Å². The lowest BCUT2D eigenvalue weighted by molar-refractivity contribution is 0.613. The summed E-state index contributed by atoms with van der Waals surface area (Å²) in [4.78, 5) is 0. The van der Waals surface area contributed by atoms with Crippen LogP contribution in [0.5, 0.6) is 0 Å². The van der Waals surface area contributed by atoms with Crippen LogP contribution in [0.3, 0.4) is 0 Å². The molecule has 4 aromatic carbocycles. The van der Waals surface area contributed by atoms with Gasteiger partial charge in [-0.15, -0.1) is 0 Å². The first kappa shape index (κ1) is 16.8. The molecule has 0 radical (unpaired) electrons. The minimum Gasteiger partial charge on any atom is -0.311 e. The lowest BCUT2D eigenvalue weighted by Gasteiger charge is -2.10. The summed E-state index contributed by atoms with van der Waals surface area (Å²) in [7, 11) is 0. The molecule has 0 saturated carbocycles. The van der Waals surface area contributed by atoms with Crippen LogP contribution in [0.2, 0.25) is 0 Å². The quantitative estimate of drug-likeness (QED) is 0.469. The highest BCUT2D eigenvalue weighted by Gasteiger charge is 2.01. The van der Waals surface area contributed by atoms with Crippen molar-refractivity contribution < 1.29 is 0 Å². The largest absolute Gasteiger partial charge is 0.311 e. The van der Waals surface area contributed by atoms with Crippen LogP contribution in [0.15, 0.2) is 84.9 Å². The maximum absolute atomic E-state index is 3.55. The summed E-state index contributed by atoms with van der Waals surface area (Å²) < 4.78 is 0. The van der Waals surface area contributed by atoms with E-state index in [0.29, 0.717) is 0 Å². The van der Waals surface area contributed by atoms with Crippen LogP contribution in [0, 0.1) is 0 Å². The Labute approximate surface area is 154 Å². The van der Waals surface area contributed by atoms with E-state index in [2.05, 4.69) is 95.6 Å². The van der Waals surface area contributed by atoms with Crippen molar-refractivity contribution in [3.63, 3.8) is 0 Å². The van der Waals surface area contributed by atoms with Gasteiger partial charge in [0.1, 0.15) is 0 Å². The van der Waals surface area contributed by atoms with E-state index in [4.69, 9.17) is 0 Å². The first-order valence-corrected chi connectivity index (χ1v) is 9.26. The molecule has 26 heavy (non-hydrogen) atoms. The van der Waals surface area contributed by atoms with E-state index in [1.807, 2.05) is 0 Å². The Balaban J connectivity index is 1.28. The van der Waals surface area contributed by atoms with Gasteiger partial charge in [0.2, 0.25) is 0 Å². The molecule has 2 nitrogen and oxygen atoms in total. The van der Waals surface area contributed by atoms with Gasteiger partial charge in [-0.3, -0.25) is 0 Å². The summed E-state index contributed by atoms with van der Waals surface area (Å²) in [6, 6.07) is 30.2. The van der Waals surface area contributed by atoms with Gasteiger partial charge in [-0.05, 0) is 32.7 Å². The predicted octanol–water partition coefficient (Wildman–Crippen LogP) is 4.87. The van der Waals surface area contributed by atoms with Crippen LogP contribution in [0.1, 0.15) is 11.1 Å². The minimum absolute atomic E-state index is 0.900. The maximum Gasteiger partial charge on any atom is 0.0212 e. The molecule has 0 aliphatic heterocycles. The number of fused-ring (bicyclic) bond motifs is 2. The molecular weight excluding hydrogens is 316 g/mol. The predicted molar refractivity (Wildman–Crippen MR) is 111 cm³/mol. The fourth-order valence-electron chi connectivity index (χ4n) is 3.52. The fourth-order valence-corrected chi connectivity index (χ4v) is 3.52. The van der Waals surface area contributed by atoms with Crippen molar-refractivity contribution in [2.24, 2.45) is 0 Å². The van der Waals surface area contributed by atoms with E-state index in [-0.39, 0.29) is 0 Å². The Morgan fingerprint density at radius 3 is 1.38 bits per heavy atom.